The fourth-order valence-corrected chi connectivity index (χ4v) is 4.92. The van der Waals surface area contributed by atoms with Crippen LogP contribution in [0.2, 0.25) is 0 Å². The molecule has 0 N–H and O–H groups in total. The summed E-state index contributed by atoms with van der Waals surface area (Å²) >= 11 is 0. The van der Waals surface area contributed by atoms with Crippen LogP contribution in [-0.4, -0.2) is 52.2 Å². The fraction of sp³-hybridized carbons (Fsp3) is 0.684. The molecule has 0 bridgehead atoms. The van der Waals surface area contributed by atoms with E-state index in [2.05, 4.69) is 0 Å². The van der Waals surface area contributed by atoms with E-state index in [0.29, 0.717) is 44.4 Å². The minimum absolute atomic E-state index is 0.327. The van der Waals surface area contributed by atoms with Gasteiger partial charge in [0, 0.05) is 26.3 Å². The van der Waals surface area contributed by atoms with Crippen molar-refractivity contribution < 1.29 is 17.9 Å². The smallest absolute Gasteiger partial charge is 0.243 e. The van der Waals surface area contributed by atoms with Crippen molar-refractivity contribution in [1.29, 1.82) is 0 Å². The van der Waals surface area contributed by atoms with E-state index in [9.17, 15) is 8.42 Å². The lowest BCUT2D eigenvalue weighted by molar-refractivity contribution is 0.110. The molecule has 1 aromatic carbocycles. The molecule has 144 valence electrons. The van der Waals surface area contributed by atoms with Crippen molar-refractivity contribution in [2.75, 3.05) is 39.5 Å². The van der Waals surface area contributed by atoms with Crippen molar-refractivity contribution in [1.82, 2.24) is 4.31 Å². The Hall–Kier alpha value is -0.950. The van der Waals surface area contributed by atoms with E-state index in [1.807, 2.05) is 48.5 Å². The molecular formula is C19H33NO4S. The summed E-state index contributed by atoms with van der Waals surface area (Å²) in [6.07, 6.45) is 0. The van der Waals surface area contributed by atoms with Gasteiger partial charge in [0.05, 0.1) is 18.1 Å². The average molecular weight is 372 g/mol. The molecule has 0 aliphatic rings. The number of nitrogens with zero attached hydrogens (tertiary/aromatic N) is 1. The Morgan fingerprint density at radius 2 is 1.08 bits per heavy atom. The van der Waals surface area contributed by atoms with Crippen LogP contribution >= 0.6 is 0 Å². The van der Waals surface area contributed by atoms with Gasteiger partial charge >= 0.3 is 0 Å². The van der Waals surface area contributed by atoms with E-state index in [4.69, 9.17) is 9.47 Å². The SMILES string of the molecule is CCOCCN(CCOCC)S(=O)(=O)c1c(C)c(C)c(C)c(C)c1C. The summed E-state index contributed by atoms with van der Waals surface area (Å²) in [6, 6.07) is 0. The molecule has 0 fully saturated rings. The highest BCUT2D eigenvalue weighted by Crippen LogP contribution is 2.31. The van der Waals surface area contributed by atoms with Crippen LogP contribution in [0.3, 0.4) is 0 Å². The maximum Gasteiger partial charge on any atom is 0.243 e. The number of hydrogen-bond acceptors (Lipinski definition) is 4. The zero-order chi connectivity index (χ0) is 19.2. The monoisotopic (exact) mass is 371 g/mol. The molecule has 0 spiro atoms. The first-order valence-electron chi connectivity index (χ1n) is 8.92. The molecule has 6 heteroatoms. The summed E-state index contributed by atoms with van der Waals surface area (Å²) in [4.78, 5) is 0.432. The highest BCUT2D eigenvalue weighted by molar-refractivity contribution is 7.89. The Morgan fingerprint density at radius 1 is 0.720 bits per heavy atom. The Kier molecular flexibility index (Phi) is 8.54. The third-order valence-corrected chi connectivity index (χ3v) is 7.08. The molecule has 25 heavy (non-hydrogen) atoms. The standard InChI is InChI=1S/C19H33NO4S/c1-8-23-12-10-20(11-13-24-9-2)25(21,22)19-17(6)15(4)14(3)16(5)18(19)7/h8-13H2,1-7H3. The van der Waals surface area contributed by atoms with Crippen LogP contribution in [0.15, 0.2) is 4.90 Å². The number of ether oxygens (including phenoxy) is 2. The van der Waals surface area contributed by atoms with Crippen LogP contribution < -0.4 is 0 Å². The van der Waals surface area contributed by atoms with Gasteiger partial charge in [-0.3, -0.25) is 0 Å². The van der Waals surface area contributed by atoms with Gasteiger partial charge in [0.25, 0.3) is 0 Å². The van der Waals surface area contributed by atoms with Gasteiger partial charge in [-0.2, -0.15) is 4.31 Å². The topological polar surface area (TPSA) is 55.8 Å². The van der Waals surface area contributed by atoms with Gasteiger partial charge in [-0.1, -0.05) is 0 Å². The summed E-state index contributed by atoms with van der Waals surface area (Å²) in [7, 11) is -3.61. The largest absolute Gasteiger partial charge is 0.380 e. The molecular weight excluding hydrogens is 338 g/mol. The molecule has 0 aliphatic carbocycles. The predicted molar refractivity (Wildman–Crippen MR) is 102 cm³/mol. The maximum absolute atomic E-state index is 13.4. The first-order valence-corrected chi connectivity index (χ1v) is 10.4. The molecule has 0 aromatic heterocycles. The predicted octanol–water partition coefficient (Wildman–Crippen LogP) is 3.29. The molecule has 1 rings (SSSR count). The van der Waals surface area contributed by atoms with Crippen LogP contribution in [0.4, 0.5) is 0 Å². The summed E-state index contributed by atoms with van der Waals surface area (Å²) < 4.78 is 39.0. The lowest BCUT2D eigenvalue weighted by atomic mass is 9.95. The maximum atomic E-state index is 13.4. The first-order chi connectivity index (χ1) is 11.7. The van der Waals surface area contributed by atoms with E-state index in [1.54, 1.807) is 0 Å². The minimum atomic E-state index is -3.61. The normalized spacial score (nSPS) is 12.2. The summed E-state index contributed by atoms with van der Waals surface area (Å²) in [5.74, 6) is 0. The quantitative estimate of drug-likeness (QED) is 0.592. The summed E-state index contributed by atoms with van der Waals surface area (Å²) in [5, 5.41) is 0. The Morgan fingerprint density at radius 3 is 1.44 bits per heavy atom. The van der Waals surface area contributed by atoms with Gasteiger partial charge < -0.3 is 9.47 Å². The van der Waals surface area contributed by atoms with Crippen molar-refractivity contribution in [3.05, 3.63) is 27.8 Å². The lowest BCUT2D eigenvalue weighted by Gasteiger charge is -2.26. The van der Waals surface area contributed by atoms with Crippen molar-refractivity contribution in [3.8, 4) is 0 Å². The van der Waals surface area contributed by atoms with Crippen molar-refractivity contribution in [3.63, 3.8) is 0 Å². The number of hydrogen-bond donors (Lipinski definition) is 0. The summed E-state index contributed by atoms with van der Waals surface area (Å²) in [6.45, 7) is 16.2. The van der Waals surface area contributed by atoms with Gasteiger partial charge in [0.1, 0.15) is 0 Å². The van der Waals surface area contributed by atoms with Gasteiger partial charge in [0.15, 0.2) is 0 Å². The molecule has 0 saturated heterocycles. The molecule has 0 radical (unpaired) electrons. The average Bonchev–Trinajstić information content (AvgIpc) is 2.57. The number of benzene rings is 1. The van der Waals surface area contributed by atoms with Crippen LogP contribution in [0.1, 0.15) is 41.7 Å². The second-order valence-corrected chi connectivity index (χ2v) is 8.13. The third kappa shape index (κ3) is 5.03. The minimum Gasteiger partial charge on any atom is -0.380 e. The van der Waals surface area contributed by atoms with Gasteiger partial charge in [-0.15, -0.1) is 0 Å². The molecule has 0 saturated carbocycles. The number of sulfonamides is 1. The second-order valence-electron chi connectivity index (χ2n) is 6.25. The lowest BCUT2D eigenvalue weighted by Crippen LogP contribution is -2.37. The van der Waals surface area contributed by atoms with E-state index in [0.717, 1.165) is 27.8 Å². The number of rotatable bonds is 10. The van der Waals surface area contributed by atoms with Crippen molar-refractivity contribution in [2.24, 2.45) is 0 Å². The molecule has 0 unspecified atom stereocenters. The van der Waals surface area contributed by atoms with Gasteiger partial charge in [0.2, 0.25) is 10.0 Å². The van der Waals surface area contributed by atoms with Crippen LogP contribution in [0.5, 0.6) is 0 Å². The molecule has 5 nitrogen and oxygen atoms in total. The zero-order valence-corrected chi connectivity index (χ0v) is 17.5. The molecule has 0 heterocycles. The molecule has 0 aliphatic heterocycles. The van der Waals surface area contributed by atoms with Gasteiger partial charge in [-0.05, 0) is 76.3 Å². The van der Waals surface area contributed by atoms with E-state index in [1.165, 1.54) is 4.31 Å². The van der Waals surface area contributed by atoms with Crippen molar-refractivity contribution in [2.45, 2.75) is 53.4 Å². The highest BCUT2D eigenvalue weighted by atomic mass is 32.2. The summed E-state index contributed by atoms with van der Waals surface area (Å²) in [5.41, 5.74) is 4.90. The van der Waals surface area contributed by atoms with Crippen LogP contribution in [0, 0.1) is 34.6 Å². The Balaban J connectivity index is 3.33. The molecule has 1 aromatic rings. The van der Waals surface area contributed by atoms with Crippen LogP contribution in [-0.2, 0) is 19.5 Å². The highest BCUT2D eigenvalue weighted by Gasteiger charge is 2.29. The van der Waals surface area contributed by atoms with E-state index >= 15 is 0 Å². The molecule has 0 amide bonds. The third-order valence-electron chi connectivity index (χ3n) is 4.91. The second kappa shape index (κ2) is 9.67. The molecule has 0 atom stereocenters. The Bertz CT molecular complexity index is 644. The van der Waals surface area contributed by atoms with E-state index in [-0.39, 0.29) is 0 Å². The van der Waals surface area contributed by atoms with E-state index < -0.39 is 10.0 Å². The van der Waals surface area contributed by atoms with Crippen molar-refractivity contribution >= 4 is 10.0 Å². The first kappa shape index (κ1) is 22.1. The Labute approximate surface area is 153 Å². The van der Waals surface area contributed by atoms with Crippen LogP contribution in [0.25, 0.3) is 0 Å². The zero-order valence-electron chi connectivity index (χ0n) is 16.7. The fourth-order valence-electron chi connectivity index (χ4n) is 2.96. The van der Waals surface area contributed by atoms with Gasteiger partial charge in [-0.25, -0.2) is 8.42 Å².